The van der Waals surface area contributed by atoms with Crippen LogP contribution in [0.3, 0.4) is 0 Å². The highest BCUT2D eigenvalue weighted by Crippen LogP contribution is 2.21. The summed E-state index contributed by atoms with van der Waals surface area (Å²) in [6.07, 6.45) is 10.4. The van der Waals surface area contributed by atoms with Crippen LogP contribution in [0.25, 0.3) is 11.0 Å². The number of hydrogen-bond donors (Lipinski definition) is 0. The molecule has 2 heterocycles. The van der Waals surface area contributed by atoms with Crippen LogP contribution in [0.5, 0.6) is 0 Å². The number of imidazole rings is 1. The third-order valence-corrected chi connectivity index (χ3v) is 4.21. The standard InChI is InChI=1S/C15H20ClN3O/c16-10-15-18-13-11-17-7-6-14(13)19(15)8-9-20-12-4-2-1-3-5-12/h6-7,11-12H,1-5,8-10H2. The van der Waals surface area contributed by atoms with Gasteiger partial charge in [0.25, 0.3) is 0 Å². The van der Waals surface area contributed by atoms with E-state index in [-0.39, 0.29) is 0 Å². The number of hydrogen-bond acceptors (Lipinski definition) is 3. The van der Waals surface area contributed by atoms with Gasteiger partial charge in [0.05, 0.1) is 30.3 Å². The van der Waals surface area contributed by atoms with Gasteiger partial charge in [0, 0.05) is 12.7 Å². The summed E-state index contributed by atoms with van der Waals surface area (Å²) in [7, 11) is 0. The first-order chi connectivity index (χ1) is 9.88. The lowest BCUT2D eigenvalue weighted by atomic mass is 9.98. The Balaban J connectivity index is 1.66. The Labute approximate surface area is 124 Å². The molecule has 1 aliphatic rings. The van der Waals surface area contributed by atoms with Crippen LogP contribution in [0.4, 0.5) is 0 Å². The monoisotopic (exact) mass is 293 g/mol. The molecule has 0 atom stereocenters. The van der Waals surface area contributed by atoms with E-state index in [1.807, 2.05) is 6.07 Å². The first-order valence-electron chi connectivity index (χ1n) is 7.35. The molecular weight excluding hydrogens is 274 g/mol. The van der Waals surface area contributed by atoms with Gasteiger partial charge < -0.3 is 9.30 Å². The highest BCUT2D eigenvalue weighted by Gasteiger charge is 2.14. The molecule has 0 N–H and O–H groups in total. The Morgan fingerprint density at radius 1 is 1.30 bits per heavy atom. The van der Waals surface area contributed by atoms with E-state index in [9.17, 15) is 0 Å². The van der Waals surface area contributed by atoms with Crippen molar-refractivity contribution in [3.8, 4) is 0 Å². The van der Waals surface area contributed by atoms with Gasteiger partial charge in [-0.1, -0.05) is 19.3 Å². The van der Waals surface area contributed by atoms with Crippen molar-refractivity contribution in [1.82, 2.24) is 14.5 Å². The predicted octanol–water partition coefficient (Wildman–Crippen LogP) is 3.52. The van der Waals surface area contributed by atoms with Gasteiger partial charge in [-0.15, -0.1) is 11.6 Å². The van der Waals surface area contributed by atoms with Crippen LogP contribution in [0.2, 0.25) is 0 Å². The Hall–Kier alpha value is -1.13. The molecule has 1 saturated carbocycles. The maximum absolute atomic E-state index is 6.00. The normalized spacial score (nSPS) is 16.9. The number of nitrogens with zero attached hydrogens (tertiary/aromatic N) is 3. The van der Waals surface area contributed by atoms with E-state index < -0.39 is 0 Å². The van der Waals surface area contributed by atoms with E-state index in [1.165, 1.54) is 32.1 Å². The van der Waals surface area contributed by atoms with Crippen molar-refractivity contribution in [1.29, 1.82) is 0 Å². The highest BCUT2D eigenvalue weighted by molar-refractivity contribution is 6.16. The zero-order chi connectivity index (χ0) is 13.8. The second kappa shape index (κ2) is 6.55. The molecule has 0 amide bonds. The van der Waals surface area contributed by atoms with Gasteiger partial charge >= 0.3 is 0 Å². The average Bonchev–Trinajstić information content (AvgIpc) is 2.87. The Bertz CT molecular complexity index is 563. The molecule has 0 unspecified atom stereocenters. The van der Waals surface area contributed by atoms with E-state index in [0.717, 1.165) is 30.0 Å². The maximum atomic E-state index is 6.00. The number of fused-ring (bicyclic) bond motifs is 1. The van der Waals surface area contributed by atoms with Crippen LogP contribution < -0.4 is 0 Å². The van der Waals surface area contributed by atoms with Crippen molar-refractivity contribution in [2.45, 2.75) is 50.6 Å². The van der Waals surface area contributed by atoms with Gasteiger partial charge in [-0.3, -0.25) is 4.98 Å². The molecule has 0 aliphatic heterocycles. The number of aromatic nitrogens is 3. The van der Waals surface area contributed by atoms with Crippen LogP contribution in [0.1, 0.15) is 37.9 Å². The number of ether oxygens (including phenoxy) is 1. The summed E-state index contributed by atoms with van der Waals surface area (Å²) in [6.45, 7) is 1.53. The number of pyridine rings is 1. The molecule has 0 saturated heterocycles. The average molecular weight is 294 g/mol. The van der Waals surface area contributed by atoms with Crippen LogP contribution in [0.15, 0.2) is 18.5 Å². The first-order valence-corrected chi connectivity index (χ1v) is 7.88. The summed E-state index contributed by atoms with van der Waals surface area (Å²) in [5, 5.41) is 0. The molecule has 5 heteroatoms. The van der Waals surface area contributed by atoms with Gasteiger partial charge in [0.2, 0.25) is 0 Å². The molecule has 108 valence electrons. The van der Waals surface area contributed by atoms with Gasteiger partial charge in [-0.25, -0.2) is 4.98 Å². The number of halogens is 1. The number of alkyl halides is 1. The van der Waals surface area contributed by atoms with E-state index in [1.54, 1.807) is 12.4 Å². The second-order valence-electron chi connectivity index (χ2n) is 5.31. The van der Waals surface area contributed by atoms with E-state index >= 15 is 0 Å². The Morgan fingerprint density at radius 2 is 2.15 bits per heavy atom. The Morgan fingerprint density at radius 3 is 2.95 bits per heavy atom. The highest BCUT2D eigenvalue weighted by atomic mass is 35.5. The van der Waals surface area contributed by atoms with Gasteiger partial charge in [-0.05, 0) is 18.9 Å². The minimum Gasteiger partial charge on any atom is -0.376 e. The van der Waals surface area contributed by atoms with Crippen LogP contribution in [-0.4, -0.2) is 27.2 Å². The minimum absolute atomic E-state index is 0.415. The topological polar surface area (TPSA) is 39.9 Å². The van der Waals surface area contributed by atoms with Crippen LogP contribution in [-0.2, 0) is 17.2 Å². The molecule has 3 rings (SSSR count). The summed E-state index contributed by atoms with van der Waals surface area (Å²) in [5.74, 6) is 1.31. The van der Waals surface area contributed by atoms with Crippen molar-refractivity contribution in [3.63, 3.8) is 0 Å². The zero-order valence-electron chi connectivity index (χ0n) is 11.6. The smallest absolute Gasteiger partial charge is 0.124 e. The molecule has 2 aromatic rings. The predicted molar refractivity (Wildman–Crippen MR) is 79.9 cm³/mol. The zero-order valence-corrected chi connectivity index (χ0v) is 12.4. The van der Waals surface area contributed by atoms with E-state index in [4.69, 9.17) is 16.3 Å². The molecule has 1 aliphatic carbocycles. The lowest BCUT2D eigenvalue weighted by Gasteiger charge is -2.22. The quantitative estimate of drug-likeness (QED) is 0.792. The molecule has 4 nitrogen and oxygen atoms in total. The fourth-order valence-corrected chi connectivity index (χ4v) is 3.13. The SMILES string of the molecule is ClCc1nc2cnccc2n1CCOC1CCCCC1. The maximum Gasteiger partial charge on any atom is 0.124 e. The van der Waals surface area contributed by atoms with Gasteiger partial charge in [0.1, 0.15) is 11.3 Å². The summed E-state index contributed by atoms with van der Waals surface area (Å²) in [6, 6.07) is 1.99. The van der Waals surface area contributed by atoms with Gasteiger partial charge in [0.15, 0.2) is 0 Å². The Kier molecular flexibility index (Phi) is 4.53. The molecule has 0 spiro atoms. The summed E-state index contributed by atoms with van der Waals surface area (Å²) in [5.41, 5.74) is 1.99. The minimum atomic E-state index is 0.415. The fraction of sp³-hybridized carbons (Fsp3) is 0.600. The van der Waals surface area contributed by atoms with E-state index in [2.05, 4.69) is 14.5 Å². The summed E-state index contributed by atoms with van der Waals surface area (Å²) < 4.78 is 8.14. The number of rotatable bonds is 5. The lowest BCUT2D eigenvalue weighted by molar-refractivity contribution is 0.0242. The van der Waals surface area contributed by atoms with Crippen LogP contribution in [0, 0.1) is 0 Å². The summed E-state index contributed by atoms with van der Waals surface area (Å²) >= 11 is 5.99. The molecule has 1 fully saturated rings. The second-order valence-corrected chi connectivity index (χ2v) is 5.58. The summed E-state index contributed by atoms with van der Waals surface area (Å²) in [4.78, 5) is 8.61. The third-order valence-electron chi connectivity index (χ3n) is 3.97. The lowest BCUT2D eigenvalue weighted by Crippen LogP contribution is -2.19. The molecule has 2 aromatic heterocycles. The van der Waals surface area contributed by atoms with Crippen molar-refractivity contribution in [3.05, 3.63) is 24.3 Å². The molecular formula is C15H20ClN3O. The van der Waals surface area contributed by atoms with Crippen molar-refractivity contribution in [2.75, 3.05) is 6.61 Å². The van der Waals surface area contributed by atoms with Crippen molar-refractivity contribution >= 4 is 22.6 Å². The molecule has 0 aromatic carbocycles. The molecule has 0 bridgehead atoms. The van der Waals surface area contributed by atoms with E-state index in [0.29, 0.717) is 12.0 Å². The van der Waals surface area contributed by atoms with Crippen LogP contribution >= 0.6 is 11.6 Å². The molecule has 20 heavy (non-hydrogen) atoms. The largest absolute Gasteiger partial charge is 0.376 e. The third kappa shape index (κ3) is 2.96. The fourth-order valence-electron chi connectivity index (χ4n) is 2.93. The van der Waals surface area contributed by atoms with Crippen molar-refractivity contribution in [2.24, 2.45) is 0 Å². The first kappa shape index (κ1) is 13.8. The van der Waals surface area contributed by atoms with Crippen molar-refractivity contribution < 1.29 is 4.74 Å². The molecule has 0 radical (unpaired) electrons. The van der Waals surface area contributed by atoms with Gasteiger partial charge in [-0.2, -0.15) is 0 Å².